The number of amides is 2. The van der Waals surface area contributed by atoms with Gasteiger partial charge in [-0.05, 0) is 55.2 Å². The van der Waals surface area contributed by atoms with Crippen LogP contribution in [0.3, 0.4) is 0 Å². The lowest BCUT2D eigenvalue weighted by Gasteiger charge is -2.32. The molecule has 1 N–H and O–H groups in total. The van der Waals surface area contributed by atoms with E-state index in [1.807, 2.05) is 62.4 Å². The lowest BCUT2D eigenvalue weighted by molar-refractivity contribution is -0.139. The van der Waals surface area contributed by atoms with Gasteiger partial charge in [0.15, 0.2) is 0 Å². The summed E-state index contributed by atoms with van der Waals surface area (Å²) in [6.45, 7) is 6.11. The number of nitrogens with zero attached hydrogens (tertiary/aromatic N) is 1. The van der Waals surface area contributed by atoms with Crippen molar-refractivity contribution < 1.29 is 9.59 Å². The summed E-state index contributed by atoms with van der Waals surface area (Å²) in [4.78, 5) is 28.7. The maximum absolute atomic E-state index is 13.7. The zero-order valence-corrected chi connectivity index (χ0v) is 23.2. The molecule has 0 bridgehead atoms. The highest BCUT2D eigenvalue weighted by molar-refractivity contribution is 7.99. The zero-order chi connectivity index (χ0) is 26.1. The Hall–Kier alpha value is -2.47. The summed E-state index contributed by atoms with van der Waals surface area (Å²) in [5.41, 5.74) is 4.12. The molecule has 0 aromatic heterocycles. The number of rotatable bonds is 11. The largest absolute Gasteiger partial charge is 0.352 e. The van der Waals surface area contributed by atoms with Gasteiger partial charge in [-0.3, -0.25) is 9.59 Å². The van der Waals surface area contributed by atoms with E-state index in [2.05, 4.69) is 24.4 Å². The SMILES string of the molecule is Cc1ccccc1CSCC(=O)N(Cc1ccc(Cl)cc1Cl)C(Cc1ccccc1)C(=O)NC(C)C. The van der Waals surface area contributed by atoms with Gasteiger partial charge in [-0.2, -0.15) is 0 Å². The lowest BCUT2D eigenvalue weighted by atomic mass is 10.0. The molecule has 190 valence electrons. The average molecular weight is 544 g/mol. The molecule has 1 unspecified atom stereocenters. The first kappa shape index (κ1) is 28.1. The molecule has 3 aromatic rings. The van der Waals surface area contributed by atoms with Gasteiger partial charge < -0.3 is 10.2 Å². The minimum atomic E-state index is -0.687. The van der Waals surface area contributed by atoms with Crippen molar-refractivity contribution in [3.63, 3.8) is 0 Å². The third-order valence-electron chi connectivity index (χ3n) is 5.80. The number of nitrogens with one attached hydrogen (secondary N) is 1. The van der Waals surface area contributed by atoms with Gasteiger partial charge in [0.05, 0.1) is 5.75 Å². The van der Waals surface area contributed by atoms with E-state index in [9.17, 15) is 9.59 Å². The standard InChI is InChI=1S/C29H32Cl2N2O2S/c1-20(2)32-29(35)27(15-22-10-5-4-6-11-22)33(17-23-13-14-25(30)16-26(23)31)28(34)19-36-18-24-12-8-7-9-21(24)3/h4-14,16,20,27H,15,17-19H2,1-3H3,(H,32,35). The van der Waals surface area contributed by atoms with E-state index in [4.69, 9.17) is 23.2 Å². The number of carbonyl (C=O) groups is 2. The fourth-order valence-corrected chi connectivity index (χ4v) is 5.33. The smallest absolute Gasteiger partial charge is 0.243 e. The van der Waals surface area contributed by atoms with E-state index in [1.54, 1.807) is 28.8 Å². The Morgan fingerprint density at radius 2 is 1.64 bits per heavy atom. The highest BCUT2D eigenvalue weighted by Crippen LogP contribution is 2.25. The first-order valence-electron chi connectivity index (χ1n) is 11.9. The highest BCUT2D eigenvalue weighted by Gasteiger charge is 2.31. The zero-order valence-electron chi connectivity index (χ0n) is 20.8. The monoisotopic (exact) mass is 542 g/mol. The molecule has 3 rings (SSSR count). The van der Waals surface area contributed by atoms with Crippen molar-refractivity contribution in [1.82, 2.24) is 10.2 Å². The van der Waals surface area contributed by atoms with Crippen molar-refractivity contribution in [3.8, 4) is 0 Å². The Labute approximate surface area is 228 Å². The maximum Gasteiger partial charge on any atom is 0.243 e. The number of carbonyl (C=O) groups excluding carboxylic acids is 2. The van der Waals surface area contributed by atoms with Crippen LogP contribution in [0.2, 0.25) is 10.0 Å². The van der Waals surface area contributed by atoms with Crippen molar-refractivity contribution in [2.75, 3.05) is 5.75 Å². The Balaban J connectivity index is 1.88. The van der Waals surface area contributed by atoms with Crippen LogP contribution in [0.25, 0.3) is 0 Å². The molecule has 0 saturated heterocycles. The summed E-state index contributed by atoms with van der Waals surface area (Å²) in [5, 5.41) is 3.99. The van der Waals surface area contributed by atoms with Crippen LogP contribution >= 0.6 is 35.0 Å². The number of thioether (sulfide) groups is 1. The molecule has 4 nitrogen and oxygen atoms in total. The second kappa shape index (κ2) is 13.7. The van der Waals surface area contributed by atoms with Gasteiger partial charge in [-0.25, -0.2) is 0 Å². The number of aryl methyl sites for hydroxylation is 1. The van der Waals surface area contributed by atoms with Gasteiger partial charge in [-0.15, -0.1) is 11.8 Å². The molecule has 3 aromatic carbocycles. The summed E-state index contributed by atoms with van der Waals surface area (Å²) in [6, 6.07) is 22.4. The molecule has 0 heterocycles. The molecule has 0 aliphatic rings. The first-order chi connectivity index (χ1) is 17.2. The van der Waals surface area contributed by atoms with Crippen molar-refractivity contribution in [3.05, 3.63) is 105 Å². The second-order valence-electron chi connectivity index (χ2n) is 9.05. The highest BCUT2D eigenvalue weighted by atomic mass is 35.5. The van der Waals surface area contributed by atoms with Gasteiger partial charge in [0.2, 0.25) is 11.8 Å². The Kier molecular flexibility index (Phi) is 10.7. The van der Waals surface area contributed by atoms with E-state index < -0.39 is 6.04 Å². The fourth-order valence-electron chi connectivity index (χ4n) is 3.87. The maximum atomic E-state index is 13.7. The summed E-state index contributed by atoms with van der Waals surface area (Å²) in [5.74, 6) is 0.672. The Bertz CT molecular complexity index is 1170. The van der Waals surface area contributed by atoms with Crippen LogP contribution in [0.15, 0.2) is 72.8 Å². The molecular weight excluding hydrogens is 511 g/mol. The van der Waals surface area contributed by atoms with E-state index >= 15 is 0 Å². The summed E-state index contributed by atoms with van der Waals surface area (Å²) in [7, 11) is 0. The van der Waals surface area contributed by atoms with Crippen LogP contribution < -0.4 is 5.32 Å². The second-order valence-corrected chi connectivity index (χ2v) is 10.9. The van der Waals surface area contributed by atoms with Crippen LogP contribution in [0, 0.1) is 6.92 Å². The molecule has 0 radical (unpaired) electrons. The molecule has 36 heavy (non-hydrogen) atoms. The normalized spacial score (nSPS) is 11.8. The average Bonchev–Trinajstić information content (AvgIpc) is 2.84. The molecule has 0 spiro atoms. The molecule has 0 saturated carbocycles. The van der Waals surface area contributed by atoms with E-state index in [1.165, 1.54) is 11.1 Å². The van der Waals surface area contributed by atoms with E-state index in [-0.39, 0.29) is 30.2 Å². The van der Waals surface area contributed by atoms with Gasteiger partial charge in [0.25, 0.3) is 0 Å². The fraction of sp³-hybridized carbons (Fsp3) is 0.310. The van der Waals surface area contributed by atoms with Crippen LogP contribution in [0.4, 0.5) is 0 Å². The molecule has 0 aliphatic carbocycles. The number of hydrogen-bond acceptors (Lipinski definition) is 3. The number of benzene rings is 3. The predicted molar refractivity (Wildman–Crippen MR) is 152 cm³/mol. The van der Waals surface area contributed by atoms with Gasteiger partial charge in [0.1, 0.15) is 6.04 Å². The van der Waals surface area contributed by atoms with Crippen LogP contribution in [0.1, 0.15) is 36.1 Å². The van der Waals surface area contributed by atoms with Crippen molar-refractivity contribution in [2.45, 2.75) is 51.6 Å². The summed E-state index contributed by atoms with van der Waals surface area (Å²) >= 11 is 14.1. The minimum absolute atomic E-state index is 0.0534. The van der Waals surface area contributed by atoms with Crippen molar-refractivity contribution in [1.29, 1.82) is 0 Å². The molecule has 7 heteroatoms. The quantitative estimate of drug-likeness (QED) is 0.293. The molecule has 0 fully saturated rings. The molecule has 2 amide bonds. The van der Waals surface area contributed by atoms with E-state index in [0.29, 0.717) is 16.5 Å². The van der Waals surface area contributed by atoms with Crippen molar-refractivity contribution >= 4 is 46.8 Å². The number of halogens is 2. The molecule has 1 atom stereocenters. The Morgan fingerprint density at radius 3 is 2.31 bits per heavy atom. The molecule has 0 aliphatic heterocycles. The summed E-state index contributed by atoms with van der Waals surface area (Å²) < 4.78 is 0. The number of hydrogen-bond donors (Lipinski definition) is 1. The third-order valence-corrected chi connectivity index (χ3v) is 7.36. The van der Waals surface area contributed by atoms with Crippen LogP contribution in [-0.2, 0) is 28.3 Å². The lowest BCUT2D eigenvalue weighted by Crippen LogP contribution is -2.52. The van der Waals surface area contributed by atoms with Gasteiger partial charge in [-0.1, -0.05) is 83.9 Å². The van der Waals surface area contributed by atoms with E-state index in [0.717, 1.165) is 16.9 Å². The van der Waals surface area contributed by atoms with Crippen LogP contribution in [0.5, 0.6) is 0 Å². The van der Waals surface area contributed by atoms with Crippen molar-refractivity contribution in [2.24, 2.45) is 0 Å². The first-order valence-corrected chi connectivity index (χ1v) is 13.9. The van der Waals surface area contributed by atoms with Crippen LogP contribution in [-0.4, -0.2) is 34.6 Å². The van der Waals surface area contributed by atoms with Gasteiger partial charge in [0, 0.05) is 34.8 Å². The molecular formula is C29H32Cl2N2O2S. The minimum Gasteiger partial charge on any atom is -0.352 e. The topological polar surface area (TPSA) is 49.4 Å². The Morgan fingerprint density at radius 1 is 0.944 bits per heavy atom. The third kappa shape index (κ3) is 8.29. The summed E-state index contributed by atoms with van der Waals surface area (Å²) in [6.07, 6.45) is 0.402. The van der Waals surface area contributed by atoms with Gasteiger partial charge >= 0.3 is 0 Å². The predicted octanol–water partition coefficient (Wildman–Crippen LogP) is 6.70.